The number of carbonyl (C=O) groups is 3. The molecule has 1 heterocycles. The maximum Gasteiger partial charge on any atom is 0.471 e. The van der Waals surface area contributed by atoms with E-state index >= 15 is 0 Å². The Bertz CT molecular complexity index is 985. The van der Waals surface area contributed by atoms with Crippen LogP contribution in [0.4, 0.5) is 30.2 Å². The fourth-order valence-electron chi connectivity index (χ4n) is 3.00. The van der Waals surface area contributed by atoms with Gasteiger partial charge >= 0.3 is 12.1 Å². The summed E-state index contributed by atoms with van der Waals surface area (Å²) in [6.45, 7) is -0.0658. The number of nitrogens with zero attached hydrogens (tertiary/aromatic N) is 2. The fraction of sp³-hybridized carbons (Fsp3) is 0.250. The van der Waals surface area contributed by atoms with Crippen molar-refractivity contribution in [3.8, 4) is 5.75 Å². The van der Waals surface area contributed by atoms with Crippen LogP contribution in [0.3, 0.4) is 0 Å². The van der Waals surface area contributed by atoms with E-state index in [1.807, 2.05) is 6.07 Å². The first-order valence-corrected chi connectivity index (χ1v) is 9.61. The highest BCUT2D eigenvalue weighted by Crippen LogP contribution is 2.36. The van der Waals surface area contributed by atoms with E-state index in [1.165, 1.54) is 23.1 Å². The number of amides is 3. The zero-order valence-corrected chi connectivity index (χ0v) is 16.7. The van der Waals surface area contributed by atoms with Crippen LogP contribution >= 0.6 is 11.6 Å². The summed E-state index contributed by atoms with van der Waals surface area (Å²) in [7, 11) is 0. The van der Waals surface area contributed by atoms with Crippen LogP contribution in [0, 0.1) is 0 Å². The van der Waals surface area contributed by atoms with Crippen LogP contribution in [0.25, 0.3) is 0 Å². The maximum atomic E-state index is 12.6. The van der Waals surface area contributed by atoms with Gasteiger partial charge in [0, 0.05) is 5.69 Å². The van der Waals surface area contributed by atoms with Crippen molar-refractivity contribution >= 4 is 46.4 Å². The molecular weight excluding hydrogens is 439 g/mol. The lowest BCUT2D eigenvalue weighted by molar-refractivity contribution is -0.167. The molecule has 164 valence electrons. The molecule has 2 aromatic rings. The van der Waals surface area contributed by atoms with Gasteiger partial charge in [0.25, 0.3) is 0 Å². The predicted molar refractivity (Wildman–Crippen MR) is 108 cm³/mol. The minimum Gasteiger partial charge on any atom is -0.492 e. The van der Waals surface area contributed by atoms with Crippen molar-refractivity contribution < 1.29 is 32.3 Å². The van der Waals surface area contributed by atoms with Crippen molar-refractivity contribution in [3.05, 3.63) is 48.5 Å². The Labute approximate surface area is 180 Å². The van der Waals surface area contributed by atoms with E-state index in [2.05, 4.69) is 0 Å². The van der Waals surface area contributed by atoms with Crippen LogP contribution < -0.4 is 19.9 Å². The molecule has 0 bridgehead atoms. The summed E-state index contributed by atoms with van der Waals surface area (Å²) in [6.07, 6.45) is -5.07. The van der Waals surface area contributed by atoms with E-state index in [1.54, 1.807) is 29.6 Å². The smallest absolute Gasteiger partial charge is 0.471 e. The third-order valence-electron chi connectivity index (χ3n) is 4.41. The van der Waals surface area contributed by atoms with Crippen LogP contribution in [0.2, 0.25) is 0 Å². The van der Waals surface area contributed by atoms with Crippen molar-refractivity contribution in [3.63, 3.8) is 0 Å². The van der Waals surface area contributed by atoms with Crippen molar-refractivity contribution in [2.24, 2.45) is 0 Å². The van der Waals surface area contributed by atoms with Gasteiger partial charge in [-0.1, -0.05) is 18.2 Å². The van der Waals surface area contributed by atoms with E-state index in [9.17, 15) is 27.6 Å². The highest BCUT2D eigenvalue weighted by Gasteiger charge is 2.39. The Morgan fingerprint density at radius 3 is 2.45 bits per heavy atom. The highest BCUT2D eigenvalue weighted by atomic mass is 35.5. The summed E-state index contributed by atoms with van der Waals surface area (Å²) in [5.41, 5.74) is 0.268. The molecule has 0 unspecified atom stereocenters. The molecule has 0 saturated heterocycles. The van der Waals surface area contributed by atoms with Crippen LogP contribution in [-0.2, 0) is 14.4 Å². The minimum atomic E-state index is -5.07. The first kappa shape index (κ1) is 22.4. The van der Waals surface area contributed by atoms with Crippen LogP contribution in [0.15, 0.2) is 48.5 Å². The monoisotopic (exact) mass is 455 g/mol. The SMILES string of the molecule is O=C1CN(C(=O)CCl)c2cc(NC(=O)C(F)(F)F)ccc2N1CCOc1ccccc1. The van der Waals surface area contributed by atoms with Gasteiger partial charge < -0.3 is 15.0 Å². The molecule has 3 amide bonds. The average molecular weight is 456 g/mol. The van der Waals surface area contributed by atoms with Crippen molar-refractivity contribution in [1.29, 1.82) is 0 Å². The molecule has 1 aliphatic heterocycles. The Kier molecular flexibility index (Phi) is 6.69. The van der Waals surface area contributed by atoms with Gasteiger partial charge in [0.2, 0.25) is 11.8 Å². The second-order valence-corrected chi connectivity index (χ2v) is 6.74. The number of hydrogen-bond acceptors (Lipinski definition) is 4. The number of carbonyl (C=O) groups excluding carboxylic acids is 3. The normalized spacial score (nSPS) is 13.6. The minimum absolute atomic E-state index is 0.137. The molecule has 1 aliphatic rings. The lowest BCUT2D eigenvalue weighted by Crippen LogP contribution is -2.49. The number of benzene rings is 2. The summed E-state index contributed by atoms with van der Waals surface area (Å²) in [6, 6.07) is 12.7. The zero-order chi connectivity index (χ0) is 22.6. The van der Waals surface area contributed by atoms with Crippen molar-refractivity contribution in [1.82, 2.24) is 0 Å². The first-order chi connectivity index (χ1) is 14.7. The molecule has 1 N–H and O–H groups in total. The van der Waals surface area contributed by atoms with Crippen LogP contribution in [0.1, 0.15) is 0 Å². The number of fused-ring (bicyclic) bond motifs is 1. The number of rotatable bonds is 6. The predicted octanol–water partition coefficient (Wildman–Crippen LogP) is 3.18. The summed E-state index contributed by atoms with van der Waals surface area (Å²) < 4.78 is 43.3. The molecule has 0 fully saturated rings. The van der Waals surface area contributed by atoms with Gasteiger partial charge in [0.15, 0.2) is 0 Å². The maximum absolute atomic E-state index is 12.6. The molecule has 7 nitrogen and oxygen atoms in total. The Morgan fingerprint density at radius 2 is 1.81 bits per heavy atom. The zero-order valence-electron chi connectivity index (χ0n) is 16.0. The molecule has 0 saturated carbocycles. The molecular formula is C20H17ClF3N3O4. The fourth-order valence-corrected chi connectivity index (χ4v) is 3.14. The largest absolute Gasteiger partial charge is 0.492 e. The molecule has 11 heteroatoms. The number of para-hydroxylation sites is 1. The van der Waals surface area contributed by atoms with E-state index in [0.29, 0.717) is 5.75 Å². The summed E-state index contributed by atoms with van der Waals surface area (Å²) >= 11 is 5.62. The number of halogens is 4. The van der Waals surface area contributed by atoms with E-state index in [4.69, 9.17) is 16.3 Å². The second kappa shape index (κ2) is 9.25. The average Bonchev–Trinajstić information content (AvgIpc) is 2.74. The lowest BCUT2D eigenvalue weighted by atomic mass is 10.1. The Hall–Kier alpha value is -3.27. The molecule has 0 spiro atoms. The molecule has 2 aromatic carbocycles. The Morgan fingerprint density at radius 1 is 1.10 bits per heavy atom. The number of hydrogen-bond donors (Lipinski definition) is 1. The quantitative estimate of drug-likeness (QED) is 0.679. The van der Waals surface area contributed by atoms with E-state index in [-0.39, 0.29) is 36.8 Å². The van der Waals surface area contributed by atoms with Gasteiger partial charge in [-0.3, -0.25) is 19.3 Å². The van der Waals surface area contributed by atoms with Gasteiger partial charge in [-0.15, -0.1) is 11.6 Å². The van der Waals surface area contributed by atoms with Crippen molar-refractivity contribution in [2.45, 2.75) is 6.18 Å². The molecule has 0 aliphatic carbocycles. The summed E-state index contributed by atoms with van der Waals surface area (Å²) in [4.78, 5) is 38.5. The topological polar surface area (TPSA) is 79.0 Å². The number of nitrogens with one attached hydrogen (secondary N) is 1. The van der Waals surface area contributed by atoms with Crippen molar-refractivity contribution in [2.75, 3.05) is 40.7 Å². The molecule has 0 radical (unpaired) electrons. The standard InChI is InChI=1S/C20H17ClF3N3O4/c21-11-17(28)27-12-18(29)26(8-9-31-14-4-2-1-3-5-14)15-7-6-13(10-16(15)27)25-19(30)20(22,23)24/h1-7,10H,8-9,11-12H2,(H,25,30). The summed E-state index contributed by atoms with van der Waals surface area (Å²) in [5, 5.41) is 1.74. The summed E-state index contributed by atoms with van der Waals surface area (Å²) in [5.74, 6) is -2.98. The molecule has 0 aromatic heterocycles. The van der Waals surface area contributed by atoms with Gasteiger partial charge in [0.05, 0.1) is 17.9 Å². The third-order valence-corrected chi connectivity index (χ3v) is 4.64. The number of anilines is 3. The second-order valence-electron chi connectivity index (χ2n) is 6.48. The van der Waals surface area contributed by atoms with Gasteiger partial charge in [-0.25, -0.2) is 0 Å². The highest BCUT2D eigenvalue weighted by molar-refractivity contribution is 6.30. The molecule has 31 heavy (non-hydrogen) atoms. The molecule has 0 atom stereocenters. The van der Waals surface area contributed by atoms with E-state index in [0.717, 1.165) is 4.90 Å². The van der Waals surface area contributed by atoms with E-state index < -0.39 is 29.8 Å². The molecule has 3 rings (SSSR count). The number of ether oxygens (including phenoxy) is 1. The van der Waals surface area contributed by atoms with Gasteiger partial charge in [-0.2, -0.15) is 13.2 Å². The van der Waals surface area contributed by atoms with Crippen LogP contribution in [-0.4, -0.2) is 49.5 Å². The first-order valence-electron chi connectivity index (χ1n) is 9.07. The van der Waals surface area contributed by atoms with Crippen LogP contribution in [0.5, 0.6) is 5.75 Å². The Balaban J connectivity index is 1.85. The third kappa shape index (κ3) is 5.26. The number of alkyl halides is 4. The lowest BCUT2D eigenvalue weighted by Gasteiger charge is -2.36. The van der Waals surface area contributed by atoms with Gasteiger partial charge in [0.1, 0.15) is 24.8 Å². The van der Waals surface area contributed by atoms with Gasteiger partial charge in [-0.05, 0) is 30.3 Å².